The van der Waals surface area contributed by atoms with Crippen LogP contribution in [-0.4, -0.2) is 15.0 Å². The lowest BCUT2D eigenvalue weighted by atomic mass is 9.99. The summed E-state index contributed by atoms with van der Waals surface area (Å²) < 4.78 is 1.03. The van der Waals surface area contributed by atoms with E-state index in [1.54, 1.807) is 0 Å². The van der Waals surface area contributed by atoms with Crippen LogP contribution < -0.4 is 11.5 Å². The molecular weight excluding hydrogens is 426 g/mol. The Morgan fingerprint density at radius 2 is 1.48 bits per heavy atom. The van der Waals surface area contributed by atoms with E-state index in [0.29, 0.717) is 5.69 Å². The molecular formula is C23H16BrN5. The number of rotatable bonds is 1. The molecule has 0 amide bonds. The van der Waals surface area contributed by atoms with Gasteiger partial charge in [-0.15, -0.1) is 0 Å². The van der Waals surface area contributed by atoms with Gasteiger partial charge in [0.2, 0.25) is 0 Å². The van der Waals surface area contributed by atoms with Gasteiger partial charge in [0.05, 0.1) is 11.0 Å². The third kappa shape index (κ3) is 2.36. The minimum absolute atomic E-state index is 0.717. The van der Waals surface area contributed by atoms with Crippen molar-refractivity contribution in [1.29, 1.82) is 0 Å². The van der Waals surface area contributed by atoms with Crippen LogP contribution in [0.5, 0.6) is 0 Å². The standard InChI is InChI=1S/C23H16BrN5/c24-11-1-6-20-16(7-11)19(10-27-20)23-28-21-17-8-12(25)2-4-14(17)15-5-3-13(26)9-18(15)22(21)29-23/h1-10,27H,25-26H2,(H,28,29). The van der Waals surface area contributed by atoms with Crippen LogP contribution in [-0.2, 0) is 0 Å². The van der Waals surface area contributed by atoms with Crippen LogP contribution in [0, 0.1) is 0 Å². The zero-order valence-corrected chi connectivity index (χ0v) is 16.8. The molecule has 0 bridgehead atoms. The van der Waals surface area contributed by atoms with E-state index >= 15 is 0 Å². The first kappa shape index (κ1) is 16.4. The van der Waals surface area contributed by atoms with Gasteiger partial charge in [0.25, 0.3) is 0 Å². The third-order valence-electron chi connectivity index (χ3n) is 5.50. The lowest BCUT2D eigenvalue weighted by Crippen LogP contribution is -1.89. The molecule has 29 heavy (non-hydrogen) atoms. The number of nitrogen functional groups attached to an aromatic ring is 2. The van der Waals surface area contributed by atoms with Crippen LogP contribution in [0.2, 0.25) is 0 Å². The van der Waals surface area contributed by atoms with E-state index < -0.39 is 0 Å². The Morgan fingerprint density at radius 1 is 0.759 bits per heavy atom. The smallest absolute Gasteiger partial charge is 0.140 e. The zero-order chi connectivity index (χ0) is 19.7. The van der Waals surface area contributed by atoms with E-state index in [2.05, 4.69) is 50.2 Å². The van der Waals surface area contributed by atoms with Crippen LogP contribution in [0.15, 0.2) is 65.3 Å². The first-order valence-electron chi connectivity index (χ1n) is 9.25. The molecule has 6 heteroatoms. The Bertz CT molecular complexity index is 1510. The third-order valence-corrected chi connectivity index (χ3v) is 6.00. The summed E-state index contributed by atoms with van der Waals surface area (Å²) in [6.45, 7) is 0. The number of aromatic nitrogens is 3. The molecule has 2 heterocycles. The van der Waals surface area contributed by atoms with Crippen molar-refractivity contribution >= 4 is 70.8 Å². The summed E-state index contributed by atoms with van der Waals surface area (Å²) in [6, 6.07) is 18.1. The van der Waals surface area contributed by atoms with Crippen molar-refractivity contribution in [3.8, 4) is 11.4 Å². The second-order valence-corrected chi connectivity index (χ2v) is 8.23. The molecule has 140 valence electrons. The predicted molar refractivity (Wildman–Crippen MR) is 125 cm³/mol. The molecule has 0 saturated heterocycles. The minimum Gasteiger partial charge on any atom is -0.399 e. The van der Waals surface area contributed by atoms with Crippen molar-refractivity contribution in [1.82, 2.24) is 15.0 Å². The lowest BCUT2D eigenvalue weighted by molar-refractivity contribution is 1.34. The van der Waals surface area contributed by atoms with E-state index in [1.807, 2.05) is 36.5 Å². The van der Waals surface area contributed by atoms with Crippen molar-refractivity contribution in [2.45, 2.75) is 0 Å². The van der Waals surface area contributed by atoms with Crippen molar-refractivity contribution < 1.29 is 0 Å². The van der Waals surface area contributed by atoms with E-state index in [1.165, 1.54) is 0 Å². The van der Waals surface area contributed by atoms with E-state index in [9.17, 15) is 0 Å². The second-order valence-electron chi connectivity index (χ2n) is 7.31. The molecule has 0 saturated carbocycles. The summed E-state index contributed by atoms with van der Waals surface area (Å²) in [7, 11) is 0. The summed E-state index contributed by atoms with van der Waals surface area (Å²) in [4.78, 5) is 11.9. The van der Waals surface area contributed by atoms with Crippen molar-refractivity contribution in [3.63, 3.8) is 0 Å². The molecule has 5 nitrogen and oxygen atoms in total. The highest BCUT2D eigenvalue weighted by Crippen LogP contribution is 2.38. The fourth-order valence-electron chi connectivity index (χ4n) is 4.18. The maximum atomic E-state index is 6.11. The minimum atomic E-state index is 0.717. The lowest BCUT2D eigenvalue weighted by Gasteiger charge is -2.07. The average molecular weight is 442 g/mol. The molecule has 6 aromatic rings. The SMILES string of the molecule is Nc1ccc2c3ccc(N)cc3c3[nH]c(-c4c[nH]c5ccc(Br)cc45)nc3c2c1. The molecule has 6 rings (SSSR count). The highest BCUT2D eigenvalue weighted by atomic mass is 79.9. The molecule has 4 aromatic carbocycles. The van der Waals surface area contributed by atoms with Gasteiger partial charge in [0.1, 0.15) is 5.82 Å². The van der Waals surface area contributed by atoms with Gasteiger partial charge in [-0.2, -0.15) is 0 Å². The number of halogens is 1. The van der Waals surface area contributed by atoms with Gasteiger partial charge in [-0.1, -0.05) is 28.1 Å². The number of H-pyrrole nitrogens is 2. The Labute approximate surface area is 173 Å². The number of nitrogens with zero attached hydrogens (tertiary/aromatic N) is 1. The Kier molecular flexibility index (Phi) is 3.26. The molecule has 0 fully saturated rings. The van der Waals surface area contributed by atoms with Gasteiger partial charge in [-0.25, -0.2) is 4.98 Å². The van der Waals surface area contributed by atoms with E-state index in [-0.39, 0.29) is 0 Å². The number of benzene rings is 4. The van der Waals surface area contributed by atoms with Crippen LogP contribution in [0.1, 0.15) is 0 Å². The maximum Gasteiger partial charge on any atom is 0.140 e. The predicted octanol–water partition coefficient (Wildman–Crippen LogP) is 5.94. The Morgan fingerprint density at radius 3 is 2.28 bits per heavy atom. The van der Waals surface area contributed by atoms with E-state index in [0.717, 1.165) is 65.0 Å². The Hall–Kier alpha value is -3.51. The summed E-state index contributed by atoms with van der Waals surface area (Å²) in [5.74, 6) is 0.808. The highest BCUT2D eigenvalue weighted by molar-refractivity contribution is 9.10. The number of imidazole rings is 1. The quantitative estimate of drug-likeness (QED) is 0.187. The fourth-order valence-corrected chi connectivity index (χ4v) is 4.54. The number of anilines is 2. The van der Waals surface area contributed by atoms with Gasteiger partial charge in [0.15, 0.2) is 0 Å². The number of nitrogens with one attached hydrogen (secondary N) is 2. The van der Waals surface area contributed by atoms with Crippen LogP contribution >= 0.6 is 15.9 Å². The number of aromatic amines is 2. The van der Waals surface area contributed by atoms with Gasteiger partial charge >= 0.3 is 0 Å². The first-order chi connectivity index (χ1) is 14.1. The Balaban J connectivity index is 1.77. The van der Waals surface area contributed by atoms with Gasteiger partial charge in [-0.05, 0) is 53.2 Å². The van der Waals surface area contributed by atoms with Gasteiger partial charge in [-0.3, -0.25) is 0 Å². The van der Waals surface area contributed by atoms with Crippen molar-refractivity contribution in [2.24, 2.45) is 0 Å². The maximum absolute atomic E-state index is 6.11. The molecule has 0 spiro atoms. The largest absolute Gasteiger partial charge is 0.399 e. The molecule has 0 aliphatic rings. The van der Waals surface area contributed by atoms with Gasteiger partial charge in [0, 0.05) is 49.3 Å². The molecule has 2 aromatic heterocycles. The summed E-state index contributed by atoms with van der Waals surface area (Å²) in [5.41, 5.74) is 17.6. The monoisotopic (exact) mass is 441 g/mol. The highest BCUT2D eigenvalue weighted by Gasteiger charge is 2.16. The first-order valence-corrected chi connectivity index (χ1v) is 10.0. The summed E-state index contributed by atoms with van der Waals surface area (Å²) >= 11 is 3.57. The normalized spacial score (nSPS) is 11.9. The summed E-state index contributed by atoms with van der Waals surface area (Å²) in [6.07, 6.45) is 1.99. The number of fused-ring (bicyclic) bond motifs is 7. The molecule has 0 aliphatic heterocycles. The second kappa shape index (κ2) is 5.75. The topological polar surface area (TPSA) is 96.5 Å². The molecule has 0 radical (unpaired) electrons. The van der Waals surface area contributed by atoms with Crippen LogP contribution in [0.25, 0.3) is 54.9 Å². The average Bonchev–Trinajstić information content (AvgIpc) is 3.32. The van der Waals surface area contributed by atoms with E-state index in [4.69, 9.17) is 16.5 Å². The number of hydrogen-bond acceptors (Lipinski definition) is 3. The summed E-state index contributed by atoms with van der Waals surface area (Å²) in [5, 5.41) is 5.42. The number of nitrogens with two attached hydrogens (primary N) is 2. The molecule has 0 aliphatic carbocycles. The molecule has 0 atom stereocenters. The van der Waals surface area contributed by atoms with Crippen LogP contribution in [0.4, 0.5) is 11.4 Å². The van der Waals surface area contributed by atoms with Crippen molar-refractivity contribution in [3.05, 3.63) is 65.3 Å². The van der Waals surface area contributed by atoms with Crippen molar-refractivity contribution in [2.75, 3.05) is 11.5 Å². The molecule has 0 unspecified atom stereocenters. The number of hydrogen-bond donors (Lipinski definition) is 4. The molecule has 6 N–H and O–H groups in total. The fraction of sp³-hybridized carbons (Fsp3) is 0. The van der Waals surface area contributed by atoms with Gasteiger partial charge < -0.3 is 21.4 Å². The van der Waals surface area contributed by atoms with Crippen LogP contribution in [0.3, 0.4) is 0 Å². The zero-order valence-electron chi connectivity index (χ0n) is 15.3.